The van der Waals surface area contributed by atoms with Gasteiger partial charge in [-0.3, -0.25) is 0 Å². The van der Waals surface area contributed by atoms with Crippen molar-refractivity contribution in [1.29, 1.82) is 0 Å². The molecule has 0 aliphatic rings. The fourth-order valence-electron chi connectivity index (χ4n) is 2.38. The number of carboxylic acid groups (broad SMARTS) is 1. The molecule has 2 heterocycles. The quantitative estimate of drug-likeness (QED) is 0.697. The van der Waals surface area contributed by atoms with Gasteiger partial charge in [0.25, 0.3) is 0 Å². The zero-order valence-electron chi connectivity index (χ0n) is 11.7. The number of carbonyl (C=O) groups is 1. The van der Waals surface area contributed by atoms with Gasteiger partial charge in [-0.05, 0) is 59.7 Å². The average molecular weight is 314 g/mol. The van der Waals surface area contributed by atoms with Gasteiger partial charge in [-0.1, -0.05) is 18.2 Å². The Morgan fingerprint density at radius 3 is 2.14 bits per heavy atom. The first-order chi connectivity index (χ1) is 10.1. The number of carboxylic acids is 1. The predicted molar refractivity (Wildman–Crippen MR) is 89.5 cm³/mol. The van der Waals surface area contributed by atoms with Crippen LogP contribution in [0.25, 0.3) is 20.9 Å². The molecule has 3 rings (SSSR count). The molecule has 0 saturated heterocycles. The van der Waals surface area contributed by atoms with E-state index in [1.54, 1.807) is 17.4 Å². The van der Waals surface area contributed by atoms with Crippen LogP contribution < -0.4 is 0 Å². The average Bonchev–Trinajstić information content (AvgIpc) is 3.12. The normalized spacial score (nSPS) is 10.8. The summed E-state index contributed by atoms with van der Waals surface area (Å²) in [5, 5.41) is 11.1. The van der Waals surface area contributed by atoms with Gasteiger partial charge in [0.2, 0.25) is 0 Å². The van der Waals surface area contributed by atoms with Crippen LogP contribution >= 0.6 is 22.7 Å². The molecular weight excluding hydrogens is 300 g/mol. The molecule has 21 heavy (non-hydrogen) atoms. The first kappa shape index (κ1) is 14.0. The summed E-state index contributed by atoms with van der Waals surface area (Å²) in [6.45, 7) is 4.22. The van der Waals surface area contributed by atoms with Crippen LogP contribution in [0.5, 0.6) is 0 Å². The first-order valence-electron chi connectivity index (χ1n) is 6.55. The fraction of sp³-hybridized carbons (Fsp3) is 0.118. The van der Waals surface area contributed by atoms with Gasteiger partial charge in [-0.25, -0.2) is 4.79 Å². The molecule has 0 amide bonds. The maximum absolute atomic E-state index is 11.0. The van der Waals surface area contributed by atoms with Crippen molar-refractivity contribution in [2.24, 2.45) is 0 Å². The van der Waals surface area contributed by atoms with Crippen LogP contribution in [0.15, 0.2) is 41.8 Å². The summed E-state index contributed by atoms with van der Waals surface area (Å²) < 4.78 is 0. The number of hydrogen-bond acceptors (Lipinski definition) is 3. The molecule has 2 nitrogen and oxygen atoms in total. The van der Waals surface area contributed by atoms with Crippen molar-refractivity contribution in [2.75, 3.05) is 0 Å². The van der Waals surface area contributed by atoms with E-state index in [2.05, 4.69) is 43.5 Å². The molecule has 0 aliphatic heterocycles. The third kappa shape index (κ3) is 2.52. The summed E-state index contributed by atoms with van der Waals surface area (Å²) in [4.78, 5) is 13.7. The summed E-state index contributed by atoms with van der Waals surface area (Å²) in [7, 11) is 0. The molecule has 106 valence electrons. The molecule has 0 aliphatic carbocycles. The second-order valence-corrected chi connectivity index (χ2v) is 6.89. The van der Waals surface area contributed by atoms with Gasteiger partial charge < -0.3 is 5.11 Å². The molecule has 0 fully saturated rings. The predicted octanol–water partition coefficient (Wildman–Crippen LogP) is 5.46. The Kier molecular flexibility index (Phi) is 3.66. The van der Waals surface area contributed by atoms with Crippen molar-refractivity contribution in [2.45, 2.75) is 13.8 Å². The van der Waals surface area contributed by atoms with Crippen LogP contribution in [-0.2, 0) is 0 Å². The van der Waals surface area contributed by atoms with E-state index in [0.29, 0.717) is 4.88 Å². The Hall–Kier alpha value is -1.91. The molecule has 0 unspecified atom stereocenters. The Morgan fingerprint density at radius 1 is 0.952 bits per heavy atom. The first-order valence-corrected chi connectivity index (χ1v) is 8.25. The number of aromatic carboxylic acids is 1. The van der Waals surface area contributed by atoms with E-state index in [-0.39, 0.29) is 0 Å². The molecule has 0 atom stereocenters. The summed E-state index contributed by atoms with van der Waals surface area (Å²) in [6.07, 6.45) is 0. The third-order valence-electron chi connectivity index (χ3n) is 3.66. The van der Waals surface area contributed by atoms with Crippen molar-refractivity contribution >= 4 is 28.6 Å². The highest BCUT2D eigenvalue weighted by atomic mass is 32.1. The van der Waals surface area contributed by atoms with E-state index >= 15 is 0 Å². The van der Waals surface area contributed by atoms with E-state index in [9.17, 15) is 4.79 Å². The Bertz CT molecular complexity index is 798. The monoisotopic (exact) mass is 314 g/mol. The highest BCUT2D eigenvalue weighted by Crippen LogP contribution is 2.37. The minimum Gasteiger partial charge on any atom is -0.477 e. The lowest BCUT2D eigenvalue weighted by Gasteiger charge is -2.11. The lowest BCUT2D eigenvalue weighted by molar-refractivity contribution is 0.0702. The van der Waals surface area contributed by atoms with Crippen molar-refractivity contribution in [3.05, 3.63) is 57.8 Å². The van der Waals surface area contributed by atoms with E-state index in [1.807, 2.05) is 6.07 Å². The van der Waals surface area contributed by atoms with Gasteiger partial charge in [0.05, 0.1) is 0 Å². The third-order valence-corrected chi connectivity index (χ3v) is 5.67. The molecule has 0 saturated carbocycles. The van der Waals surface area contributed by atoms with Gasteiger partial charge in [0, 0.05) is 9.75 Å². The minimum atomic E-state index is -0.865. The molecule has 0 spiro atoms. The maximum atomic E-state index is 11.0. The van der Waals surface area contributed by atoms with Gasteiger partial charge in [0.1, 0.15) is 4.88 Å². The Balaban J connectivity index is 2.08. The maximum Gasteiger partial charge on any atom is 0.345 e. The molecule has 3 aromatic rings. The topological polar surface area (TPSA) is 37.3 Å². The standard InChI is InChI=1S/C17H14O2S2/c1-10-11(2)13(15-7-8-16(21-15)17(18)19)6-5-12(10)14-4-3-9-20-14/h3-9H,1-2H3,(H,18,19). The summed E-state index contributed by atoms with van der Waals surface area (Å²) in [5.41, 5.74) is 4.83. The van der Waals surface area contributed by atoms with Gasteiger partial charge in [-0.15, -0.1) is 22.7 Å². The molecule has 0 radical (unpaired) electrons. The molecule has 1 N–H and O–H groups in total. The summed E-state index contributed by atoms with van der Waals surface area (Å²) in [6, 6.07) is 12.0. The summed E-state index contributed by atoms with van der Waals surface area (Å²) >= 11 is 3.06. The molecule has 2 aromatic heterocycles. The van der Waals surface area contributed by atoms with E-state index in [1.165, 1.54) is 32.9 Å². The van der Waals surface area contributed by atoms with Crippen LogP contribution in [0.2, 0.25) is 0 Å². The van der Waals surface area contributed by atoms with E-state index in [4.69, 9.17) is 5.11 Å². The SMILES string of the molecule is Cc1c(-c2cccs2)ccc(-c2ccc(C(=O)O)s2)c1C. The van der Waals surface area contributed by atoms with E-state index in [0.717, 1.165) is 10.4 Å². The number of benzene rings is 1. The van der Waals surface area contributed by atoms with Crippen LogP contribution in [-0.4, -0.2) is 11.1 Å². The second kappa shape index (κ2) is 5.47. The lowest BCUT2D eigenvalue weighted by atomic mass is 9.96. The molecule has 0 bridgehead atoms. The smallest absolute Gasteiger partial charge is 0.345 e. The van der Waals surface area contributed by atoms with Gasteiger partial charge in [-0.2, -0.15) is 0 Å². The number of hydrogen-bond donors (Lipinski definition) is 1. The highest BCUT2D eigenvalue weighted by molar-refractivity contribution is 7.17. The summed E-state index contributed by atoms with van der Waals surface area (Å²) in [5.74, 6) is -0.865. The zero-order valence-corrected chi connectivity index (χ0v) is 13.3. The number of thiophene rings is 2. The Labute approximate surface area is 131 Å². The van der Waals surface area contributed by atoms with Crippen molar-refractivity contribution in [1.82, 2.24) is 0 Å². The van der Waals surface area contributed by atoms with Crippen molar-refractivity contribution < 1.29 is 9.90 Å². The van der Waals surface area contributed by atoms with Crippen LogP contribution in [0.4, 0.5) is 0 Å². The van der Waals surface area contributed by atoms with Crippen LogP contribution in [0.3, 0.4) is 0 Å². The van der Waals surface area contributed by atoms with Crippen LogP contribution in [0, 0.1) is 13.8 Å². The van der Waals surface area contributed by atoms with Crippen molar-refractivity contribution in [3.8, 4) is 20.9 Å². The molecular formula is C17H14O2S2. The molecule has 1 aromatic carbocycles. The highest BCUT2D eigenvalue weighted by Gasteiger charge is 2.13. The second-order valence-electron chi connectivity index (χ2n) is 4.86. The lowest BCUT2D eigenvalue weighted by Crippen LogP contribution is -1.90. The van der Waals surface area contributed by atoms with Gasteiger partial charge in [0.15, 0.2) is 0 Å². The Morgan fingerprint density at radius 2 is 1.62 bits per heavy atom. The number of rotatable bonds is 3. The minimum absolute atomic E-state index is 0.379. The van der Waals surface area contributed by atoms with E-state index < -0.39 is 5.97 Å². The van der Waals surface area contributed by atoms with Crippen LogP contribution in [0.1, 0.15) is 20.8 Å². The zero-order chi connectivity index (χ0) is 15.0. The largest absolute Gasteiger partial charge is 0.477 e. The fourth-order valence-corrected chi connectivity index (χ4v) is 4.12. The van der Waals surface area contributed by atoms with Crippen molar-refractivity contribution in [3.63, 3.8) is 0 Å². The molecule has 4 heteroatoms. The van der Waals surface area contributed by atoms with Gasteiger partial charge >= 0.3 is 5.97 Å².